The molecular formula is C10H6O4S. The summed E-state index contributed by atoms with van der Waals surface area (Å²) in [5.74, 6) is -2.09. The van der Waals surface area contributed by atoms with Gasteiger partial charge >= 0.3 is 11.9 Å². The lowest BCUT2D eigenvalue weighted by molar-refractivity contribution is 0.0684. The molecular weight excluding hydrogens is 216 g/mol. The standard InChI is InChI=1S/C10H6O4S/c11-9(12)6-1-2-7(10(13)14)8-5(6)3-4-15-8/h1-4H,(H,11,12)(H,13,14). The maximum atomic E-state index is 10.9. The topological polar surface area (TPSA) is 74.6 Å². The Hall–Kier alpha value is -1.88. The van der Waals surface area contributed by atoms with Crippen LogP contribution in [0, 0.1) is 0 Å². The molecule has 2 N–H and O–H groups in total. The van der Waals surface area contributed by atoms with E-state index in [0.29, 0.717) is 10.1 Å². The number of hydrogen-bond donors (Lipinski definition) is 2. The molecule has 0 aliphatic carbocycles. The van der Waals surface area contributed by atoms with Gasteiger partial charge in [-0.15, -0.1) is 11.3 Å². The molecule has 1 aromatic carbocycles. The van der Waals surface area contributed by atoms with Crippen molar-refractivity contribution in [2.24, 2.45) is 0 Å². The Morgan fingerprint density at radius 3 is 2.20 bits per heavy atom. The van der Waals surface area contributed by atoms with Crippen LogP contribution >= 0.6 is 11.3 Å². The Labute approximate surface area is 88.4 Å². The van der Waals surface area contributed by atoms with Crippen LogP contribution < -0.4 is 0 Å². The molecule has 2 aromatic rings. The van der Waals surface area contributed by atoms with Gasteiger partial charge in [-0.2, -0.15) is 0 Å². The summed E-state index contributed by atoms with van der Waals surface area (Å²) in [6.07, 6.45) is 0. The minimum Gasteiger partial charge on any atom is -0.478 e. The molecule has 1 aromatic heterocycles. The first-order valence-corrected chi connectivity index (χ1v) is 4.96. The van der Waals surface area contributed by atoms with Gasteiger partial charge in [-0.25, -0.2) is 9.59 Å². The molecule has 0 saturated carbocycles. The summed E-state index contributed by atoms with van der Waals surface area (Å²) in [6.45, 7) is 0. The fourth-order valence-electron chi connectivity index (χ4n) is 1.42. The molecule has 0 aliphatic rings. The third-order valence-electron chi connectivity index (χ3n) is 2.08. The van der Waals surface area contributed by atoms with Crippen molar-refractivity contribution in [1.29, 1.82) is 0 Å². The molecule has 0 aliphatic heterocycles. The van der Waals surface area contributed by atoms with E-state index in [1.165, 1.54) is 23.5 Å². The number of thiophene rings is 1. The fraction of sp³-hybridized carbons (Fsp3) is 0. The lowest BCUT2D eigenvalue weighted by Gasteiger charge is -2.00. The van der Waals surface area contributed by atoms with Crippen LogP contribution in [0.25, 0.3) is 10.1 Å². The molecule has 4 nitrogen and oxygen atoms in total. The van der Waals surface area contributed by atoms with Gasteiger partial charge in [0.1, 0.15) is 0 Å². The Bertz CT molecular complexity index is 508. The van der Waals surface area contributed by atoms with Gasteiger partial charge in [0.05, 0.1) is 11.1 Å². The number of carboxylic acids is 2. The summed E-state index contributed by atoms with van der Waals surface area (Å²) in [6, 6.07) is 4.27. The zero-order valence-corrected chi connectivity index (χ0v) is 8.25. The molecule has 5 heteroatoms. The molecule has 0 atom stereocenters. The van der Waals surface area contributed by atoms with E-state index in [1.807, 2.05) is 0 Å². The largest absolute Gasteiger partial charge is 0.478 e. The molecule has 0 amide bonds. The van der Waals surface area contributed by atoms with E-state index in [1.54, 1.807) is 11.4 Å². The SMILES string of the molecule is O=C(O)c1ccc(C(=O)O)c2sccc12. The molecule has 2 rings (SSSR count). The van der Waals surface area contributed by atoms with E-state index < -0.39 is 11.9 Å². The molecule has 0 bridgehead atoms. The fourth-order valence-corrected chi connectivity index (χ4v) is 2.34. The van der Waals surface area contributed by atoms with Gasteiger partial charge < -0.3 is 10.2 Å². The summed E-state index contributed by atoms with van der Waals surface area (Å²) in [4.78, 5) is 21.7. The van der Waals surface area contributed by atoms with Crippen LogP contribution in [0.4, 0.5) is 0 Å². The van der Waals surface area contributed by atoms with Crippen LogP contribution in [-0.2, 0) is 0 Å². The van der Waals surface area contributed by atoms with Gasteiger partial charge in [-0.05, 0) is 23.6 Å². The molecule has 76 valence electrons. The zero-order valence-electron chi connectivity index (χ0n) is 7.43. The van der Waals surface area contributed by atoms with Crippen LogP contribution in [0.2, 0.25) is 0 Å². The minimum absolute atomic E-state index is 0.135. The highest BCUT2D eigenvalue weighted by atomic mass is 32.1. The first kappa shape index (κ1) is 9.67. The number of carbonyl (C=O) groups is 2. The summed E-state index contributed by atoms with van der Waals surface area (Å²) < 4.78 is 0.502. The molecule has 0 spiro atoms. The van der Waals surface area contributed by atoms with Crippen LogP contribution in [0.5, 0.6) is 0 Å². The lowest BCUT2D eigenvalue weighted by Crippen LogP contribution is -2.01. The minimum atomic E-state index is -1.05. The number of aromatic carboxylic acids is 2. The Morgan fingerprint density at radius 2 is 1.60 bits per heavy atom. The van der Waals surface area contributed by atoms with Crippen LogP contribution in [0.3, 0.4) is 0 Å². The molecule has 1 heterocycles. The highest BCUT2D eigenvalue weighted by Crippen LogP contribution is 2.28. The average Bonchev–Trinajstić information content (AvgIpc) is 2.63. The molecule has 0 fully saturated rings. The van der Waals surface area contributed by atoms with Crippen molar-refractivity contribution in [1.82, 2.24) is 0 Å². The van der Waals surface area contributed by atoms with Crippen LogP contribution in [0.15, 0.2) is 23.6 Å². The van der Waals surface area contributed by atoms with Gasteiger partial charge in [0.25, 0.3) is 0 Å². The van der Waals surface area contributed by atoms with E-state index in [9.17, 15) is 9.59 Å². The smallest absolute Gasteiger partial charge is 0.337 e. The lowest BCUT2D eigenvalue weighted by atomic mass is 10.1. The summed E-state index contributed by atoms with van der Waals surface area (Å²) in [5, 5.41) is 19.9. The third-order valence-corrected chi connectivity index (χ3v) is 3.03. The number of carboxylic acid groups (broad SMARTS) is 2. The monoisotopic (exact) mass is 222 g/mol. The second-order valence-corrected chi connectivity index (χ2v) is 3.85. The van der Waals surface area contributed by atoms with E-state index in [2.05, 4.69) is 0 Å². The molecule has 0 saturated heterocycles. The summed E-state index contributed by atoms with van der Waals surface area (Å²) in [7, 11) is 0. The Balaban J connectivity index is 2.82. The molecule has 0 unspecified atom stereocenters. The van der Waals surface area contributed by atoms with E-state index in [0.717, 1.165) is 0 Å². The van der Waals surface area contributed by atoms with Gasteiger partial charge in [0, 0.05) is 10.1 Å². The Kier molecular flexibility index (Phi) is 2.17. The maximum absolute atomic E-state index is 10.9. The summed E-state index contributed by atoms with van der Waals surface area (Å²) in [5.41, 5.74) is 0.279. The predicted molar refractivity (Wildman–Crippen MR) is 55.7 cm³/mol. The number of benzene rings is 1. The van der Waals surface area contributed by atoms with Crippen molar-refractivity contribution in [3.8, 4) is 0 Å². The van der Waals surface area contributed by atoms with Crippen molar-refractivity contribution in [3.05, 3.63) is 34.7 Å². The van der Waals surface area contributed by atoms with E-state index in [-0.39, 0.29) is 11.1 Å². The number of fused-ring (bicyclic) bond motifs is 1. The van der Waals surface area contributed by atoms with Crippen molar-refractivity contribution in [2.75, 3.05) is 0 Å². The van der Waals surface area contributed by atoms with Crippen LogP contribution in [0.1, 0.15) is 20.7 Å². The van der Waals surface area contributed by atoms with E-state index in [4.69, 9.17) is 10.2 Å². The second kappa shape index (κ2) is 3.36. The Morgan fingerprint density at radius 1 is 1.00 bits per heavy atom. The quantitative estimate of drug-likeness (QED) is 0.817. The zero-order chi connectivity index (χ0) is 11.0. The predicted octanol–water partition coefficient (Wildman–Crippen LogP) is 2.30. The highest BCUT2D eigenvalue weighted by molar-refractivity contribution is 7.17. The first-order valence-electron chi connectivity index (χ1n) is 4.08. The highest BCUT2D eigenvalue weighted by Gasteiger charge is 2.15. The van der Waals surface area contributed by atoms with Crippen molar-refractivity contribution < 1.29 is 19.8 Å². The third kappa shape index (κ3) is 1.46. The van der Waals surface area contributed by atoms with E-state index >= 15 is 0 Å². The second-order valence-electron chi connectivity index (χ2n) is 2.93. The molecule has 15 heavy (non-hydrogen) atoms. The van der Waals surface area contributed by atoms with Gasteiger partial charge in [0.15, 0.2) is 0 Å². The first-order chi connectivity index (χ1) is 7.11. The number of hydrogen-bond acceptors (Lipinski definition) is 3. The van der Waals surface area contributed by atoms with Gasteiger partial charge in [-0.1, -0.05) is 0 Å². The summed E-state index contributed by atoms with van der Waals surface area (Å²) >= 11 is 1.23. The van der Waals surface area contributed by atoms with Gasteiger partial charge in [0.2, 0.25) is 0 Å². The van der Waals surface area contributed by atoms with Crippen molar-refractivity contribution in [2.45, 2.75) is 0 Å². The number of rotatable bonds is 2. The average molecular weight is 222 g/mol. The van der Waals surface area contributed by atoms with Crippen molar-refractivity contribution in [3.63, 3.8) is 0 Å². The van der Waals surface area contributed by atoms with Gasteiger partial charge in [-0.3, -0.25) is 0 Å². The van der Waals surface area contributed by atoms with Crippen molar-refractivity contribution >= 4 is 33.4 Å². The van der Waals surface area contributed by atoms with Crippen LogP contribution in [-0.4, -0.2) is 22.2 Å². The molecule has 0 radical (unpaired) electrons. The maximum Gasteiger partial charge on any atom is 0.337 e. The normalized spacial score (nSPS) is 10.4.